The summed E-state index contributed by atoms with van der Waals surface area (Å²) in [6.07, 6.45) is 5.64. The van der Waals surface area contributed by atoms with Crippen molar-refractivity contribution in [3.05, 3.63) is 73.3 Å². The fourth-order valence-electron chi connectivity index (χ4n) is 2.65. The average Bonchev–Trinajstić information content (AvgIpc) is 3.00. The lowest BCUT2D eigenvalue weighted by Crippen LogP contribution is -1.92. The van der Waals surface area contributed by atoms with Gasteiger partial charge in [-0.05, 0) is 22.2 Å². The number of nitrogens with zero attached hydrogens (tertiary/aromatic N) is 2. The molecule has 0 spiro atoms. The maximum absolute atomic E-state index is 4.15. The molecule has 1 aromatic heterocycles. The van der Waals surface area contributed by atoms with E-state index in [0.717, 1.165) is 0 Å². The lowest BCUT2D eigenvalue weighted by atomic mass is 10.0. The van der Waals surface area contributed by atoms with E-state index < -0.39 is 0 Å². The van der Waals surface area contributed by atoms with Crippen molar-refractivity contribution < 1.29 is 0 Å². The Bertz CT molecular complexity index is 861. The van der Waals surface area contributed by atoms with Crippen LogP contribution in [0.3, 0.4) is 0 Å². The van der Waals surface area contributed by atoms with Crippen LogP contribution in [0.2, 0.25) is 0 Å². The number of fused-ring (bicyclic) bond motifs is 3. The third-order valence-electron chi connectivity index (χ3n) is 3.53. The Labute approximate surface area is 110 Å². The lowest BCUT2D eigenvalue weighted by Gasteiger charge is -2.10. The average molecular weight is 244 g/mol. The zero-order valence-electron chi connectivity index (χ0n) is 10.3. The third kappa shape index (κ3) is 1.54. The van der Waals surface area contributed by atoms with E-state index in [0.29, 0.717) is 0 Å². The molecule has 2 heteroatoms. The molecule has 0 atom stereocenters. The van der Waals surface area contributed by atoms with Crippen molar-refractivity contribution in [3.8, 4) is 5.69 Å². The molecule has 19 heavy (non-hydrogen) atoms. The fraction of sp³-hybridized carbons (Fsp3) is 0. The molecule has 2 nitrogen and oxygen atoms in total. The molecule has 4 aromatic rings. The minimum absolute atomic E-state index is 1.17. The summed E-state index contributed by atoms with van der Waals surface area (Å²) in [5, 5.41) is 5.08. The fourth-order valence-corrected chi connectivity index (χ4v) is 2.65. The SMILES string of the molecule is c1ccc2c(c1)cc(-n1ccnc1)c1ccccc12. The van der Waals surface area contributed by atoms with Crippen LogP contribution < -0.4 is 0 Å². The topological polar surface area (TPSA) is 17.8 Å². The largest absolute Gasteiger partial charge is 0.306 e. The van der Waals surface area contributed by atoms with Gasteiger partial charge in [0.1, 0.15) is 0 Å². The molecule has 0 aliphatic heterocycles. The minimum atomic E-state index is 1.17. The molecule has 0 aliphatic carbocycles. The molecule has 0 saturated heterocycles. The van der Waals surface area contributed by atoms with E-state index in [1.807, 2.05) is 18.7 Å². The molecule has 0 N–H and O–H groups in total. The van der Waals surface area contributed by atoms with Crippen LogP contribution in [0.1, 0.15) is 0 Å². The van der Waals surface area contributed by atoms with Crippen LogP contribution in [0.4, 0.5) is 0 Å². The first kappa shape index (κ1) is 10.3. The van der Waals surface area contributed by atoms with Crippen molar-refractivity contribution in [2.24, 2.45) is 0 Å². The molecule has 0 fully saturated rings. The maximum atomic E-state index is 4.15. The van der Waals surface area contributed by atoms with Crippen molar-refractivity contribution in [2.45, 2.75) is 0 Å². The van der Waals surface area contributed by atoms with Gasteiger partial charge in [-0.1, -0.05) is 48.5 Å². The predicted octanol–water partition coefficient (Wildman–Crippen LogP) is 4.18. The standard InChI is InChI=1S/C17H12N2/c1-2-6-14-13(5-1)11-17(19-10-9-18-12-19)16-8-4-3-7-15(14)16/h1-12H. The van der Waals surface area contributed by atoms with Gasteiger partial charge in [0.05, 0.1) is 12.0 Å². The molecular formula is C17H12N2. The number of imidazole rings is 1. The molecule has 0 radical (unpaired) electrons. The lowest BCUT2D eigenvalue weighted by molar-refractivity contribution is 1.07. The van der Waals surface area contributed by atoms with Crippen molar-refractivity contribution >= 4 is 21.5 Å². The van der Waals surface area contributed by atoms with Crippen molar-refractivity contribution in [2.75, 3.05) is 0 Å². The molecule has 90 valence electrons. The van der Waals surface area contributed by atoms with Gasteiger partial charge in [0.2, 0.25) is 0 Å². The quantitative estimate of drug-likeness (QED) is 0.459. The Kier molecular flexibility index (Phi) is 2.15. The number of aromatic nitrogens is 2. The van der Waals surface area contributed by atoms with E-state index in [1.54, 1.807) is 0 Å². The molecule has 1 heterocycles. The van der Waals surface area contributed by atoms with Crippen LogP contribution in [0.15, 0.2) is 73.3 Å². The smallest absolute Gasteiger partial charge is 0.0991 e. The van der Waals surface area contributed by atoms with Crippen LogP contribution in [0, 0.1) is 0 Å². The Balaban J connectivity index is 2.22. The second-order valence-electron chi connectivity index (χ2n) is 4.63. The van der Waals surface area contributed by atoms with E-state index in [4.69, 9.17) is 0 Å². The third-order valence-corrected chi connectivity index (χ3v) is 3.53. The highest BCUT2D eigenvalue weighted by molar-refractivity contribution is 6.11. The first-order chi connectivity index (χ1) is 9.43. The molecule has 0 bridgehead atoms. The van der Waals surface area contributed by atoms with Crippen molar-refractivity contribution in [1.29, 1.82) is 0 Å². The number of hydrogen-bond donors (Lipinski definition) is 0. The van der Waals surface area contributed by atoms with E-state index in [9.17, 15) is 0 Å². The Hall–Kier alpha value is -2.61. The van der Waals surface area contributed by atoms with E-state index >= 15 is 0 Å². The van der Waals surface area contributed by atoms with Crippen LogP contribution in [-0.4, -0.2) is 9.55 Å². The van der Waals surface area contributed by atoms with Crippen LogP contribution in [-0.2, 0) is 0 Å². The number of rotatable bonds is 1. The number of benzene rings is 3. The van der Waals surface area contributed by atoms with Gasteiger partial charge in [0, 0.05) is 17.8 Å². The van der Waals surface area contributed by atoms with E-state index in [-0.39, 0.29) is 0 Å². The molecule has 0 amide bonds. The second kappa shape index (κ2) is 3.95. The van der Waals surface area contributed by atoms with Gasteiger partial charge in [-0.15, -0.1) is 0 Å². The summed E-state index contributed by atoms with van der Waals surface area (Å²) < 4.78 is 2.06. The Morgan fingerprint density at radius 3 is 2.32 bits per heavy atom. The van der Waals surface area contributed by atoms with Crippen molar-refractivity contribution in [3.63, 3.8) is 0 Å². The highest BCUT2D eigenvalue weighted by Gasteiger charge is 2.06. The van der Waals surface area contributed by atoms with E-state index in [1.165, 1.54) is 27.2 Å². The van der Waals surface area contributed by atoms with Crippen LogP contribution >= 0.6 is 0 Å². The number of hydrogen-bond acceptors (Lipinski definition) is 1. The Morgan fingerprint density at radius 1 is 0.789 bits per heavy atom. The normalized spacial score (nSPS) is 11.2. The summed E-state index contributed by atoms with van der Waals surface area (Å²) >= 11 is 0. The summed E-state index contributed by atoms with van der Waals surface area (Å²) in [5.74, 6) is 0. The molecule has 0 saturated carbocycles. The van der Waals surface area contributed by atoms with Gasteiger partial charge < -0.3 is 4.57 Å². The first-order valence-electron chi connectivity index (χ1n) is 6.32. The first-order valence-corrected chi connectivity index (χ1v) is 6.32. The summed E-state index contributed by atoms with van der Waals surface area (Å²) in [6.45, 7) is 0. The highest BCUT2D eigenvalue weighted by Crippen LogP contribution is 2.30. The summed E-state index contributed by atoms with van der Waals surface area (Å²) in [4.78, 5) is 4.15. The molecule has 4 rings (SSSR count). The van der Waals surface area contributed by atoms with E-state index in [2.05, 4.69) is 64.1 Å². The van der Waals surface area contributed by atoms with Gasteiger partial charge >= 0.3 is 0 Å². The van der Waals surface area contributed by atoms with Gasteiger partial charge in [-0.3, -0.25) is 0 Å². The zero-order valence-corrected chi connectivity index (χ0v) is 10.3. The Morgan fingerprint density at radius 2 is 1.53 bits per heavy atom. The second-order valence-corrected chi connectivity index (χ2v) is 4.63. The zero-order chi connectivity index (χ0) is 12.7. The molecule has 0 unspecified atom stereocenters. The molecule has 3 aromatic carbocycles. The summed E-state index contributed by atoms with van der Waals surface area (Å²) in [5.41, 5.74) is 1.17. The monoisotopic (exact) mass is 244 g/mol. The van der Waals surface area contributed by atoms with Gasteiger partial charge in [-0.2, -0.15) is 0 Å². The summed E-state index contributed by atoms with van der Waals surface area (Å²) in [7, 11) is 0. The predicted molar refractivity (Wildman–Crippen MR) is 78.6 cm³/mol. The van der Waals surface area contributed by atoms with Gasteiger partial charge in [0.25, 0.3) is 0 Å². The highest BCUT2D eigenvalue weighted by atomic mass is 15.0. The summed E-state index contributed by atoms with van der Waals surface area (Å²) in [6, 6.07) is 19.2. The van der Waals surface area contributed by atoms with Crippen LogP contribution in [0.5, 0.6) is 0 Å². The van der Waals surface area contributed by atoms with Crippen molar-refractivity contribution in [1.82, 2.24) is 9.55 Å². The molecule has 0 aliphatic rings. The molecular weight excluding hydrogens is 232 g/mol. The van der Waals surface area contributed by atoms with Crippen LogP contribution in [0.25, 0.3) is 27.2 Å². The minimum Gasteiger partial charge on any atom is -0.306 e. The maximum Gasteiger partial charge on any atom is 0.0991 e. The van der Waals surface area contributed by atoms with Gasteiger partial charge in [0.15, 0.2) is 0 Å². The van der Waals surface area contributed by atoms with Gasteiger partial charge in [-0.25, -0.2) is 4.98 Å².